The summed E-state index contributed by atoms with van der Waals surface area (Å²) in [5.74, 6) is -1.21. The van der Waals surface area contributed by atoms with E-state index in [-0.39, 0.29) is 28.5 Å². The maximum absolute atomic E-state index is 14.0. The summed E-state index contributed by atoms with van der Waals surface area (Å²) in [6.07, 6.45) is 1.09. The van der Waals surface area contributed by atoms with Crippen LogP contribution < -0.4 is 5.32 Å². The van der Waals surface area contributed by atoms with Crippen molar-refractivity contribution in [3.05, 3.63) is 70.5 Å². The molecule has 0 saturated carbocycles. The highest BCUT2D eigenvalue weighted by Gasteiger charge is 2.30. The molecular weight excluding hydrogens is 367 g/mol. The van der Waals surface area contributed by atoms with Gasteiger partial charge in [-0.1, -0.05) is 48.0 Å². The number of rotatable bonds is 4. The number of nitrogens with zero attached hydrogens (tertiary/aromatic N) is 1. The number of carbonyl (C=O) groups is 2. The van der Waals surface area contributed by atoms with E-state index in [4.69, 9.17) is 11.6 Å². The zero-order chi connectivity index (χ0) is 19.4. The zero-order valence-electron chi connectivity index (χ0n) is 15.1. The molecule has 1 N–H and O–H groups in total. The first-order valence-electron chi connectivity index (χ1n) is 9.06. The lowest BCUT2D eigenvalue weighted by Gasteiger charge is -2.32. The van der Waals surface area contributed by atoms with E-state index in [2.05, 4.69) is 5.32 Å². The average molecular weight is 389 g/mol. The number of piperidine rings is 1. The fraction of sp³-hybridized carbons (Fsp3) is 0.333. The Labute approximate surface area is 163 Å². The van der Waals surface area contributed by atoms with Crippen molar-refractivity contribution < 1.29 is 14.0 Å². The van der Waals surface area contributed by atoms with E-state index in [1.54, 1.807) is 4.90 Å². The smallest absolute Gasteiger partial charge is 0.258 e. The molecule has 1 atom stereocenters. The minimum absolute atomic E-state index is 0.0117. The van der Waals surface area contributed by atoms with Crippen molar-refractivity contribution in [1.29, 1.82) is 0 Å². The van der Waals surface area contributed by atoms with Crippen LogP contribution in [0.1, 0.15) is 41.7 Å². The first kappa shape index (κ1) is 19.4. The lowest BCUT2D eigenvalue weighted by atomic mass is 9.94. The van der Waals surface area contributed by atoms with E-state index in [0.717, 1.165) is 5.56 Å². The zero-order valence-corrected chi connectivity index (χ0v) is 15.9. The minimum Gasteiger partial charge on any atom is -0.349 e. The largest absolute Gasteiger partial charge is 0.349 e. The summed E-state index contributed by atoms with van der Waals surface area (Å²) in [5.41, 5.74) is 0.951. The molecule has 142 valence electrons. The SMILES string of the molecule is CC(NC(=O)C1CCN(C(=O)c2c(F)cccc2Cl)CC1)c1ccccc1. The van der Waals surface area contributed by atoms with E-state index < -0.39 is 11.7 Å². The highest BCUT2D eigenvalue weighted by atomic mass is 35.5. The summed E-state index contributed by atoms with van der Waals surface area (Å²) in [4.78, 5) is 26.7. The molecule has 1 heterocycles. The van der Waals surface area contributed by atoms with Crippen molar-refractivity contribution in [2.75, 3.05) is 13.1 Å². The Bertz CT molecular complexity index is 800. The minimum atomic E-state index is -0.621. The van der Waals surface area contributed by atoms with E-state index in [9.17, 15) is 14.0 Å². The predicted octanol–water partition coefficient (Wildman–Crippen LogP) is 4.21. The van der Waals surface area contributed by atoms with Crippen LogP contribution in [0.25, 0.3) is 0 Å². The van der Waals surface area contributed by atoms with Crippen LogP contribution in [0, 0.1) is 11.7 Å². The molecule has 2 aromatic carbocycles. The Kier molecular flexibility index (Phi) is 6.11. The van der Waals surface area contributed by atoms with E-state index in [0.29, 0.717) is 25.9 Å². The quantitative estimate of drug-likeness (QED) is 0.853. The third-order valence-corrected chi connectivity index (χ3v) is 5.30. The third-order valence-electron chi connectivity index (χ3n) is 4.99. The molecule has 1 fully saturated rings. The lowest BCUT2D eigenvalue weighted by Crippen LogP contribution is -2.43. The summed E-state index contributed by atoms with van der Waals surface area (Å²) < 4.78 is 14.0. The molecule has 1 aliphatic rings. The van der Waals surface area contributed by atoms with Gasteiger partial charge in [0.15, 0.2) is 0 Å². The molecule has 0 aromatic heterocycles. The number of nitrogens with one attached hydrogen (secondary N) is 1. The number of likely N-dealkylation sites (tertiary alicyclic amines) is 1. The molecule has 0 aliphatic carbocycles. The van der Waals surface area contributed by atoms with Gasteiger partial charge in [0.1, 0.15) is 5.82 Å². The third kappa shape index (κ3) is 4.48. The van der Waals surface area contributed by atoms with Gasteiger partial charge >= 0.3 is 0 Å². The standard InChI is InChI=1S/C21H22ClFN2O2/c1-14(15-6-3-2-4-7-15)24-20(26)16-10-12-25(13-11-16)21(27)19-17(22)8-5-9-18(19)23/h2-9,14,16H,10-13H2,1H3,(H,24,26). The first-order valence-corrected chi connectivity index (χ1v) is 9.43. The summed E-state index contributed by atoms with van der Waals surface area (Å²) in [6.45, 7) is 2.76. The molecule has 2 aromatic rings. The molecule has 3 rings (SSSR count). The maximum Gasteiger partial charge on any atom is 0.258 e. The van der Waals surface area contributed by atoms with Gasteiger partial charge < -0.3 is 10.2 Å². The summed E-state index contributed by atoms with van der Waals surface area (Å²) in [6, 6.07) is 13.9. The van der Waals surface area contributed by atoms with Crippen molar-refractivity contribution in [1.82, 2.24) is 10.2 Å². The number of carbonyl (C=O) groups excluding carboxylic acids is 2. The highest BCUT2D eigenvalue weighted by Crippen LogP contribution is 2.25. The second-order valence-electron chi connectivity index (χ2n) is 6.80. The number of amides is 2. The van der Waals surface area contributed by atoms with E-state index in [1.807, 2.05) is 37.3 Å². The predicted molar refractivity (Wildman–Crippen MR) is 103 cm³/mol. The molecule has 6 heteroatoms. The van der Waals surface area contributed by atoms with Crippen LogP contribution in [0.2, 0.25) is 5.02 Å². The molecule has 1 unspecified atom stereocenters. The van der Waals surface area contributed by atoms with Crippen molar-refractivity contribution in [3.63, 3.8) is 0 Å². The second kappa shape index (κ2) is 8.53. The molecule has 4 nitrogen and oxygen atoms in total. The van der Waals surface area contributed by atoms with Gasteiger partial charge in [-0.3, -0.25) is 9.59 Å². The first-order chi connectivity index (χ1) is 13.0. The molecule has 1 saturated heterocycles. The number of benzene rings is 2. The molecule has 2 amide bonds. The van der Waals surface area contributed by atoms with Gasteiger partial charge in [0, 0.05) is 19.0 Å². The van der Waals surface area contributed by atoms with Crippen molar-refractivity contribution >= 4 is 23.4 Å². The molecule has 0 bridgehead atoms. The van der Waals surface area contributed by atoms with Crippen molar-refractivity contribution in [2.45, 2.75) is 25.8 Å². The molecule has 27 heavy (non-hydrogen) atoms. The van der Waals surface area contributed by atoms with Crippen molar-refractivity contribution in [2.24, 2.45) is 5.92 Å². The van der Waals surface area contributed by atoms with Gasteiger partial charge in [-0.15, -0.1) is 0 Å². The number of halogens is 2. The normalized spacial score (nSPS) is 16.0. The molecular formula is C21H22ClFN2O2. The number of hydrogen-bond acceptors (Lipinski definition) is 2. The number of hydrogen-bond donors (Lipinski definition) is 1. The Morgan fingerprint density at radius 1 is 1.11 bits per heavy atom. The van der Waals surface area contributed by atoms with Crippen LogP contribution in [0.4, 0.5) is 4.39 Å². The Balaban J connectivity index is 1.57. The molecule has 1 aliphatic heterocycles. The summed E-state index contributed by atoms with van der Waals surface area (Å²) in [7, 11) is 0. The van der Waals surface area contributed by atoms with E-state index in [1.165, 1.54) is 18.2 Å². The Hall–Kier alpha value is -2.40. The van der Waals surface area contributed by atoms with Gasteiger partial charge in [-0.25, -0.2) is 4.39 Å². The second-order valence-corrected chi connectivity index (χ2v) is 7.21. The lowest BCUT2D eigenvalue weighted by molar-refractivity contribution is -0.127. The van der Waals surface area contributed by atoms with Gasteiger partial charge in [0.05, 0.1) is 16.6 Å². The van der Waals surface area contributed by atoms with Crippen LogP contribution in [-0.2, 0) is 4.79 Å². The van der Waals surface area contributed by atoms with Gasteiger partial charge in [-0.2, -0.15) is 0 Å². The maximum atomic E-state index is 14.0. The van der Waals surface area contributed by atoms with Gasteiger partial charge in [0.2, 0.25) is 5.91 Å². The Morgan fingerprint density at radius 3 is 2.41 bits per heavy atom. The monoisotopic (exact) mass is 388 g/mol. The van der Waals surface area contributed by atoms with Crippen LogP contribution in [-0.4, -0.2) is 29.8 Å². The summed E-state index contributed by atoms with van der Waals surface area (Å²) in [5, 5.41) is 3.14. The average Bonchev–Trinajstić information content (AvgIpc) is 2.68. The van der Waals surface area contributed by atoms with Crippen molar-refractivity contribution in [3.8, 4) is 0 Å². The topological polar surface area (TPSA) is 49.4 Å². The van der Waals surface area contributed by atoms with Crippen LogP contribution >= 0.6 is 11.6 Å². The van der Waals surface area contributed by atoms with Gasteiger partial charge in [-0.05, 0) is 37.5 Å². The van der Waals surface area contributed by atoms with Crippen LogP contribution in [0.15, 0.2) is 48.5 Å². The fourth-order valence-corrected chi connectivity index (χ4v) is 3.61. The van der Waals surface area contributed by atoms with Crippen LogP contribution in [0.5, 0.6) is 0 Å². The molecule has 0 radical (unpaired) electrons. The van der Waals surface area contributed by atoms with E-state index >= 15 is 0 Å². The highest BCUT2D eigenvalue weighted by molar-refractivity contribution is 6.33. The summed E-state index contributed by atoms with van der Waals surface area (Å²) >= 11 is 5.99. The van der Waals surface area contributed by atoms with Gasteiger partial charge in [0.25, 0.3) is 5.91 Å². The van der Waals surface area contributed by atoms with Crippen LogP contribution in [0.3, 0.4) is 0 Å². The fourth-order valence-electron chi connectivity index (χ4n) is 3.36. The molecule has 0 spiro atoms. The Morgan fingerprint density at radius 2 is 1.78 bits per heavy atom.